The number of rotatable bonds is 2. The van der Waals surface area contributed by atoms with E-state index in [9.17, 15) is 4.79 Å². The van der Waals surface area contributed by atoms with Gasteiger partial charge in [-0.05, 0) is 64.5 Å². The number of benzene rings is 1. The minimum Gasteiger partial charge on any atom is -0.350 e. The molecule has 0 saturated heterocycles. The summed E-state index contributed by atoms with van der Waals surface area (Å²) in [6.07, 6.45) is 0. The van der Waals surface area contributed by atoms with Crippen molar-refractivity contribution < 1.29 is 4.79 Å². The highest BCUT2D eigenvalue weighted by Crippen LogP contribution is 2.23. The summed E-state index contributed by atoms with van der Waals surface area (Å²) in [5.41, 5.74) is 0.686. The van der Waals surface area contributed by atoms with E-state index in [0.717, 1.165) is 8.04 Å². The maximum absolute atomic E-state index is 11.7. The predicted molar refractivity (Wildman–Crippen MR) is 69.5 cm³/mol. The molecular weight excluding hydrogens is 357 g/mol. The van der Waals surface area contributed by atoms with Crippen LogP contribution >= 0.6 is 38.5 Å². The largest absolute Gasteiger partial charge is 0.350 e. The summed E-state index contributed by atoms with van der Waals surface area (Å²) in [5, 5.41) is 2.85. The molecule has 1 rings (SSSR count). The minimum atomic E-state index is -0.0367. The molecule has 1 N–H and O–H groups in total. The number of carbonyl (C=O) groups is 1. The highest BCUT2D eigenvalue weighted by Gasteiger charge is 2.11. The van der Waals surface area contributed by atoms with E-state index in [-0.39, 0.29) is 11.9 Å². The first-order valence-electron chi connectivity index (χ1n) is 4.27. The summed E-state index contributed by atoms with van der Waals surface area (Å²) < 4.78 is 1.90. The molecular formula is C10H11BrINO. The van der Waals surface area contributed by atoms with Crippen molar-refractivity contribution in [2.75, 3.05) is 0 Å². The number of carbonyl (C=O) groups excluding carboxylic acids is 1. The highest BCUT2D eigenvalue weighted by molar-refractivity contribution is 14.1. The Kier molecular flexibility index (Phi) is 4.37. The molecule has 0 atom stereocenters. The van der Waals surface area contributed by atoms with Crippen molar-refractivity contribution in [2.45, 2.75) is 19.9 Å². The second kappa shape index (κ2) is 5.11. The predicted octanol–water partition coefficient (Wildman–Crippen LogP) is 3.19. The smallest absolute Gasteiger partial charge is 0.252 e. The van der Waals surface area contributed by atoms with Gasteiger partial charge in [0.25, 0.3) is 5.91 Å². The van der Waals surface area contributed by atoms with E-state index in [1.165, 1.54) is 0 Å². The Hall–Kier alpha value is -0.100. The van der Waals surface area contributed by atoms with Gasteiger partial charge in [-0.3, -0.25) is 4.79 Å². The fourth-order valence-electron chi connectivity index (χ4n) is 1.02. The van der Waals surface area contributed by atoms with Crippen LogP contribution in [-0.4, -0.2) is 11.9 Å². The lowest BCUT2D eigenvalue weighted by molar-refractivity contribution is 0.0942. The fourth-order valence-corrected chi connectivity index (χ4v) is 1.96. The van der Waals surface area contributed by atoms with E-state index in [4.69, 9.17) is 0 Å². The average molecular weight is 368 g/mol. The van der Waals surface area contributed by atoms with Gasteiger partial charge < -0.3 is 5.32 Å². The summed E-state index contributed by atoms with van der Waals surface area (Å²) in [4.78, 5) is 11.7. The summed E-state index contributed by atoms with van der Waals surface area (Å²) in [6.45, 7) is 3.89. The summed E-state index contributed by atoms with van der Waals surface area (Å²) in [6, 6.07) is 5.80. The van der Waals surface area contributed by atoms with E-state index in [0.29, 0.717) is 5.56 Å². The maximum atomic E-state index is 11.7. The first-order chi connectivity index (χ1) is 6.52. The van der Waals surface area contributed by atoms with Crippen LogP contribution in [-0.2, 0) is 0 Å². The molecule has 2 nitrogen and oxygen atoms in total. The minimum absolute atomic E-state index is 0.0367. The Morgan fingerprint density at radius 2 is 2.14 bits per heavy atom. The normalized spacial score (nSPS) is 10.4. The van der Waals surface area contributed by atoms with Crippen LogP contribution in [0.4, 0.5) is 0 Å². The molecule has 1 aromatic rings. The van der Waals surface area contributed by atoms with Crippen molar-refractivity contribution in [3.05, 3.63) is 31.8 Å². The molecule has 1 amide bonds. The standard InChI is InChI=1S/C10H11BrINO/c1-6(2)13-10(14)7-4-3-5-8(12)9(7)11/h3-6H,1-2H3,(H,13,14). The van der Waals surface area contributed by atoms with E-state index in [1.807, 2.05) is 32.0 Å². The third-order valence-corrected chi connectivity index (χ3v) is 4.11. The van der Waals surface area contributed by atoms with Crippen molar-refractivity contribution in [3.8, 4) is 0 Å². The van der Waals surface area contributed by atoms with Crippen molar-refractivity contribution in [1.82, 2.24) is 5.32 Å². The molecule has 0 aromatic heterocycles. The zero-order valence-corrected chi connectivity index (χ0v) is 11.7. The molecule has 0 aliphatic rings. The summed E-state index contributed by atoms with van der Waals surface area (Å²) >= 11 is 5.59. The van der Waals surface area contributed by atoms with Gasteiger partial charge in [0.2, 0.25) is 0 Å². The van der Waals surface area contributed by atoms with Crippen molar-refractivity contribution in [3.63, 3.8) is 0 Å². The quantitative estimate of drug-likeness (QED) is 0.799. The van der Waals surface area contributed by atoms with Crippen LogP contribution in [0, 0.1) is 3.57 Å². The van der Waals surface area contributed by atoms with Gasteiger partial charge >= 0.3 is 0 Å². The molecule has 0 aliphatic carbocycles. The lowest BCUT2D eigenvalue weighted by atomic mass is 10.2. The van der Waals surface area contributed by atoms with Crippen LogP contribution in [0.25, 0.3) is 0 Å². The van der Waals surface area contributed by atoms with E-state index < -0.39 is 0 Å². The van der Waals surface area contributed by atoms with Gasteiger partial charge in [-0.1, -0.05) is 6.07 Å². The molecule has 4 heteroatoms. The van der Waals surface area contributed by atoms with Crippen molar-refractivity contribution in [2.24, 2.45) is 0 Å². The van der Waals surface area contributed by atoms with Crippen LogP contribution in [0.1, 0.15) is 24.2 Å². The first kappa shape index (κ1) is 12.0. The van der Waals surface area contributed by atoms with Gasteiger partial charge in [-0.15, -0.1) is 0 Å². The third kappa shape index (κ3) is 2.95. The van der Waals surface area contributed by atoms with Gasteiger partial charge in [0.05, 0.1) is 5.56 Å². The van der Waals surface area contributed by atoms with Crippen LogP contribution in [0.2, 0.25) is 0 Å². The summed E-state index contributed by atoms with van der Waals surface area (Å²) in [5.74, 6) is -0.0367. The summed E-state index contributed by atoms with van der Waals surface area (Å²) in [7, 11) is 0. The van der Waals surface area contributed by atoms with Gasteiger partial charge in [0.15, 0.2) is 0 Å². The van der Waals surface area contributed by atoms with Crippen LogP contribution in [0.5, 0.6) is 0 Å². The molecule has 0 bridgehead atoms. The molecule has 0 aliphatic heterocycles. The van der Waals surface area contributed by atoms with Gasteiger partial charge in [-0.2, -0.15) is 0 Å². The second-order valence-corrected chi connectivity index (χ2v) is 5.18. The van der Waals surface area contributed by atoms with Crippen LogP contribution in [0.15, 0.2) is 22.7 Å². The molecule has 0 saturated carbocycles. The topological polar surface area (TPSA) is 29.1 Å². The first-order valence-corrected chi connectivity index (χ1v) is 6.14. The fraction of sp³-hybridized carbons (Fsp3) is 0.300. The monoisotopic (exact) mass is 367 g/mol. The Morgan fingerprint density at radius 1 is 1.50 bits per heavy atom. The highest BCUT2D eigenvalue weighted by atomic mass is 127. The SMILES string of the molecule is CC(C)NC(=O)c1cccc(I)c1Br. The number of nitrogens with one attached hydrogen (secondary N) is 1. The lowest BCUT2D eigenvalue weighted by Gasteiger charge is -2.10. The molecule has 0 fully saturated rings. The second-order valence-electron chi connectivity index (χ2n) is 3.23. The van der Waals surface area contributed by atoms with Crippen LogP contribution < -0.4 is 5.32 Å². The average Bonchev–Trinajstić information content (AvgIpc) is 2.08. The molecule has 14 heavy (non-hydrogen) atoms. The molecule has 1 aromatic carbocycles. The third-order valence-electron chi connectivity index (χ3n) is 1.62. The Balaban J connectivity index is 2.96. The maximum Gasteiger partial charge on any atom is 0.252 e. The Bertz CT molecular complexity index is 352. The Morgan fingerprint density at radius 3 is 2.71 bits per heavy atom. The molecule has 0 spiro atoms. The number of halogens is 2. The van der Waals surface area contributed by atoms with Gasteiger partial charge in [0, 0.05) is 14.1 Å². The molecule has 76 valence electrons. The zero-order valence-electron chi connectivity index (χ0n) is 7.97. The van der Waals surface area contributed by atoms with Crippen molar-refractivity contribution in [1.29, 1.82) is 0 Å². The van der Waals surface area contributed by atoms with Crippen molar-refractivity contribution >= 4 is 44.4 Å². The van der Waals surface area contributed by atoms with E-state index >= 15 is 0 Å². The number of amides is 1. The van der Waals surface area contributed by atoms with E-state index in [1.54, 1.807) is 0 Å². The molecule has 0 radical (unpaired) electrons. The molecule has 0 heterocycles. The zero-order chi connectivity index (χ0) is 10.7. The van der Waals surface area contributed by atoms with Gasteiger partial charge in [-0.25, -0.2) is 0 Å². The lowest BCUT2D eigenvalue weighted by Crippen LogP contribution is -2.30. The number of hydrogen-bond acceptors (Lipinski definition) is 1. The molecule has 0 unspecified atom stereocenters. The number of hydrogen-bond donors (Lipinski definition) is 1. The van der Waals surface area contributed by atoms with E-state index in [2.05, 4.69) is 43.8 Å². The van der Waals surface area contributed by atoms with Gasteiger partial charge in [0.1, 0.15) is 0 Å². The van der Waals surface area contributed by atoms with Crippen LogP contribution in [0.3, 0.4) is 0 Å². The Labute approximate surface area is 106 Å².